The topological polar surface area (TPSA) is 78.9 Å². The van der Waals surface area contributed by atoms with E-state index in [2.05, 4.69) is 81.5 Å². The summed E-state index contributed by atoms with van der Waals surface area (Å²) in [5.41, 5.74) is 0. The predicted octanol–water partition coefficient (Wildman–Crippen LogP) is 21.2. The first-order valence-electron chi connectivity index (χ1n) is 31.3. The summed E-state index contributed by atoms with van der Waals surface area (Å²) in [7, 11) is 0. The van der Waals surface area contributed by atoms with E-state index in [4.69, 9.17) is 14.2 Å². The SMILES string of the molecule is CC/C=C\C/C=C\C/C=C\C/C=C\C/C=C\CCCCCC(=O)OCC(COC(=O)CCCCCCCCCCCCCCCCCC)OC(=O)CCCCCCCCCCCCCCCCCCCCC. The van der Waals surface area contributed by atoms with Gasteiger partial charge in [-0.15, -0.1) is 0 Å². The van der Waals surface area contributed by atoms with Crippen molar-refractivity contribution in [1.29, 1.82) is 0 Å². The Labute approximate surface area is 447 Å². The van der Waals surface area contributed by atoms with Crippen molar-refractivity contribution in [2.45, 2.75) is 329 Å². The van der Waals surface area contributed by atoms with Crippen LogP contribution in [0.5, 0.6) is 0 Å². The second-order valence-electron chi connectivity index (χ2n) is 21.0. The first kappa shape index (κ1) is 69.1. The summed E-state index contributed by atoms with van der Waals surface area (Å²) in [5, 5.41) is 0. The molecule has 0 aromatic carbocycles. The second-order valence-corrected chi connectivity index (χ2v) is 21.0. The molecular formula is C66H118O6. The number of hydrogen-bond donors (Lipinski definition) is 0. The third-order valence-corrected chi connectivity index (χ3v) is 13.8. The Morgan fingerprint density at radius 3 is 0.847 bits per heavy atom. The van der Waals surface area contributed by atoms with E-state index >= 15 is 0 Å². The molecule has 0 heterocycles. The lowest BCUT2D eigenvalue weighted by atomic mass is 10.0. The smallest absolute Gasteiger partial charge is 0.306 e. The fourth-order valence-corrected chi connectivity index (χ4v) is 9.12. The van der Waals surface area contributed by atoms with E-state index in [-0.39, 0.29) is 31.1 Å². The van der Waals surface area contributed by atoms with Crippen LogP contribution in [-0.4, -0.2) is 37.2 Å². The van der Waals surface area contributed by atoms with Crippen molar-refractivity contribution in [3.8, 4) is 0 Å². The van der Waals surface area contributed by atoms with Gasteiger partial charge in [-0.05, 0) is 64.2 Å². The van der Waals surface area contributed by atoms with Crippen LogP contribution in [0.4, 0.5) is 0 Å². The van der Waals surface area contributed by atoms with E-state index in [0.717, 1.165) is 96.3 Å². The summed E-state index contributed by atoms with van der Waals surface area (Å²) in [6.07, 6.45) is 76.5. The van der Waals surface area contributed by atoms with Gasteiger partial charge in [0.1, 0.15) is 13.2 Å². The highest BCUT2D eigenvalue weighted by Gasteiger charge is 2.19. The van der Waals surface area contributed by atoms with Crippen molar-refractivity contribution in [3.05, 3.63) is 60.8 Å². The van der Waals surface area contributed by atoms with Gasteiger partial charge in [0.15, 0.2) is 6.10 Å². The Bertz CT molecular complexity index is 1290. The summed E-state index contributed by atoms with van der Waals surface area (Å²) in [6, 6.07) is 0. The van der Waals surface area contributed by atoms with Crippen molar-refractivity contribution < 1.29 is 28.6 Å². The molecule has 418 valence electrons. The van der Waals surface area contributed by atoms with Crippen molar-refractivity contribution in [2.75, 3.05) is 13.2 Å². The van der Waals surface area contributed by atoms with Gasteiger partial charge in [0.25, 0.3) is 0 Å². The Morgan fingerprint density at radius 2 is 0.542 bits per heavy atom. The fraction of sp³-hybridized carbons (Fsp3) is 0.803. The Kier molecular flexibility index (Phi) is 58.2. The Morgan fingerprint density at radius 1 is 0.292 bits per heavy atom. The van der Waals surface area contributed by atoms with Crippen molar-refractivity contribution in [2.24, 2.45) is 0 Å². The van der Waals surface area contributed by atoms with Gasteiger partial charge in [-0.2, -0.15) is 0 Å². The number of ether oxygens (including phenoxy) is 3. The first-order valence-corrected chi connectivity index (χ1v) is 31.3. The van der Waals surface area contributed by atoms with Gasteiger partial charge in [0, 0.05) is 19.3 Å². The lowest BCUT2D eigenvalue weighted by Gasteiger charge is -2.18. The van der Waals surface area contributed by atoms with Crippen LogP contribution in [-0.2, 0) is 28.6 Å². The molecule has 6 heteroatoms. The summed E-state index contributed by atoms with van der Waals surface area (Å²) in [5.74, 6) is -0.893. The van der Waals surface area contributed by atoms with Crippen molar-refractivity contribution >= 4 is 17.9 Å². The van der Waals surface area contributed by atoms with Crippen LogP contribution in [0.1, 0.15) is 323 Å². The molecule has 72 heavy (non-hydrogen) atoms. The van der Waals surface area contributed by atoms with Crippen molar-refractivity contribution in [3.63, 3.8) is 0 Å². The number of allylic oxidation sites excluding steroid dienone is 10. The maximum atomic E-state index is 12.9. The van der Waals surface area contributed by atoms with Gasteiger partial charge in [-0.1, -0.05) is 300 Å². The number of esters is 3. The van der Waals surface area contributed by atoms with E-state index in [1.165, 1.54) is 186 Å². The number of carbonyl (C=O) groups is 3. The lowest BCUT2D eigenvalue weighted by Crippen LogP contribution is -2.30. The molecule has 0 aliphatic rings. The summed E-state index contributed by atoms with van der Waals surface area (Å²) < 4.78 is 16.9. The van der Waals surface area contributed by atoms with Crippen LogP contribution in [0.25, 0.3) is 0 Å². The molecule has 0 saturated carbocycles. The number of unbranched alkanes of at least 4 members (excludes halogenated alkanes) is 36. The summed E-state index contributed by atoms with van der Waals surface area (Å²) in [6.45, 7) is 6.55. The fourth-order valence-electron chi connectivity index (χ4n) is 9.12. The van der Waals surface area contributed by atoms with Gasteiger partial charge >= 0.3 is 17.9 Å². The molecule has 1 unspecified atom stereocenters. The molecule has 0 aliphatic heterocycles. The molecule has 0 amide bonds. The van der Waals surface area contributed by atoms with Crippen LogP contribution in [0.15, 0.2) is 60.8 Å². The number of rotatable bonds is 57. The van der Waals surface area contributed by atoms with Gasteiger partial charge in [-0.3, -0.25) is 14.4 Å². The summed E-state index contributed by atoms with van der Waals surface area (Å²) >= 11 is 0. The van der Waals surface area contributed by atoms with Gasteiger partial charge < -0.3 is 14.2 Å². The maximum Gasteiger partial charge on any atom is 0.306 e. The molecule has 0 fully saturated rings. The maximum absolute atomic E-state index is 12.9. The molecule has 0 aromatic heterocycles. The molecule has 0 radical (unpaired) electrons. The molecule has 0 N–H and O–H groups in total. The molecule has 0 saturated heterocycles. The molecule has 0 bridgehead atoms. The third kappa shape index (κ3) is 58.0. The molecule has 6 nitrogen and oxygen atoms in total. The van der Waals surface area contributed by atoms with E-state index in [1.807, 2.05) is 0 Å². The number of hydrogen-bond acceptors (Lipinski definition) is 6. The van der Waals surface area contributed by atoms with Crippen LogP contribution < -0.4 is 0 Å². The highest BCUT2D eigenvalue weighted by molar-refractivity contribution is 5.71. The molecule has 0 rings (SSSR count). The summed E-state index contributed by atoms with van der Waals surface area (Å²) in [4.78, 5) is 38.3. The minimum atomic E-state index is -0.785. The van der Waals surface area contributed by atoms with Crippen LogP contribution in [0.3, 0.4) is 0 Å². The van der Waals surface area contributed by atoms with Gasteiger partial charge in [0.2, 0.25) is 0 Å². The number of carbonyl (C=O) groups excluding carboxylic acids is 3. The standard InChI is InChI=1S/C66H118O6/c1-4-7-10-13-16-19-22-25-28-31-33-35-38-41-44-47-50-53-56-59-65(68)71-62-63(61-70-64(67)58-55-52-49-46-43-40-37-30-27-24-21-18-15-12-9-6-3)72-66(69)60-57-54-51-48-45-42-39-36-34-32-29-26-23-20-17-14-11-8-5-2/h7,10,16,19,25,28,33,35,41,44,63H,4-6,8-9,11-15,17-18,20-24,26-27,29-32,34,36-40,42-43,45-62H2,1-3H3/b10-7-,19-16-,28-25-,35-33-,44-41-. The average molecular weight is 1010 g/mol. The Hall–Kier alpha value is -2.89. The molecule has 1 atom stereocenters. The zero-order valence-corrected chi connectivity index (χ0v) is 47.9. The Balaban J connectivity index is 4.39. The average Bonchev–Trinajstić information content (AvgIpc) is 3.38. The monoisotopic (exact) mass is 1010 g/mol. The van der Waals surface area contributed by atoms with Gasteiger partial charge in [-0.25, -0.2) is 0 Å². The van der Waals surface area contributed by atoms with Crippen LogP contribution >= 0.6 is 0 Å². The van der Waals surface area contributed by atoms with Crippen LogP contribution in [0.2, 0.25) is 0 Å². The van der Waals surface area contributed by atoms with Crippen molar-refractivity contribution in [1.82, 2.24) is 0 Å². The zero-order chi connectivity index (χ0) is 52.2. The zero-order valence-electron chi connectivity index (χ0n) is 47.9. The minimum Gasteiger partial charge on any atom is -0.462 e. The molecule has 0 aliphatic carbocycles. The molecule has 0 spiro atoms. The first-order chi connectivity index (χ1) is 35.5. The van der Waals surface area contributed by atoms with Crippen LogP contribution in [0, 0.1) is 0 Å². The third-order valence-electron chi connectivity index (χ3n) is 13.8. The van der Waals surface area contributed by atoms with E-state index < -0.39 is 6.10 Å². The lowest BCUT2D eigenvalue weighted by molar-refractivity contribution is -0.167. The minimum absolute atomic E-state index is 0.0802. The molecule has 0 aromatic rings. The van der Waals surface area contributed by atoms with E-state index in [1.54, 1.807) is 0 Å². The second kappa shape index (κ2) is 60.7. The largest absolute Gasteiger partial charge is 0.462 e. The predicted molar refractivity (Wildman–Crippen MR) is 312 cm³/mol. The quantitative estimate of drug-likeness (QED) is 0.0261. The highest BCUT2D eigenvalue weighted by Crippen LogP contribution is 2.17. The highest BCUT2D eigenvalue weighted by atomic mass is 16.6. The van der Waals surface area contributed by atoms with E-state index in [9.17, 15) is 14.4 Å². The van der Waals surface area contributed by atoms with Gasteiger partial charge in [0.05, 0.1) is 0 Å². The normalized spacial score (nSPS) is 12.4. The van der Waals surface area contributed by atoms with E-state index in [0.29, 0.717) is 19.3 Å². The molecular weight excluding hydrogens is 889 g/mol.